The summed E-state index contributed by atoms with van der Waals surface area (Å²) in [5.41, 5.74) is 0.170. The van der Waals surface area contributed by atoms with Crippen LogP contribution in [0.25, 0.3) is 0 Å². The number of ether oxygens (including phenoxy) is 1. The molecule has 0 aliphatic carbocycles. The van der Waals surface area contributed by atoms with Gasteiger partial charge in [-0.25, -0.2) is 9.48 Å². The van der Waals surface area contributed by atoms with E-state index in [-0.39, 0.29) is 18.2 Å². The van der Waals surface area contributed by atoms with Gasteiger partial charge in [0.1, 0.15) is 0 Å². The van der Waals surface area contributed by atoms with Crippen molar-refractivity contribution >= 4 is 5.97 Å². The molecule has 0 spiro atoms. The lowest BCUT2D eigenvalue weighted by Gasteiger charge is -2.23. The first kappa shape index (κ1) is 15.7. The van der Waals surface area contributed by atoms with Crippen molar-refractivity contribution in [3.63, 3.8) is 0 Å². The molecule has 21 heavy (non-hydrogen) atoms. The summed E-state index contributed by atoms with van der Waals surface area (Å²) in [6.45, 7) is 0.602. The van der Waals surface area contributed by atoms with Gasteiger partial charge in [0.2, 0.25) is 0 Å². The van der Waals surface area contributed by atoms with Gasteiger partial charge < -0.3 is 10.4 Å². The number of nitrogens with one attached hydrogen (secondary N) is 1. The second kappa shape index (κ2) is 6.39. The predicted molar refractivity (Wildman–Crippen MR) is 63.8 cm³/mol. The first-order chi connectivity index (χ1) is 9.88. The zero-order chi connectivity index (χ0) is 15.5. The third kappa shape index (κ3) is 4.14. The van der Waals surface area contributed by atoms with Gasteiger partial charge in [-0.15, -0.1) is 18.3 Å². The van der Waals surface area contributed by atoms with E-state index in [9.17, 15) is 18.0 Å². The van der Waals surface area contributed by atoms with Gasteiger partial charge in [-0.3, -0.25) is 4.74 Å². The smallest absolute Gasteiger partial charge is 0.476 e. The Balaban J connectivity index is 2.14. The van der Waals surface area contributed by atoms with Crippen molar-refractivity contribution in [3.05, 3.63) is 11.4 Å². The molecule has 1 aromatic heterocycles. The van der Waals surface area contributed by atoms with Gasteiger partial charge in [-0.05, 0) is 25.9 Å². The van der Waals surface area contributed by atoms with Crippen LogP contribution in [0.15, 0.2) is 0 Å². The van der Waals surface area contributed by atoms with E-state index in [1.807, 2.05) is 0 Å². The number of carboxylic acids is 1. The number of halogens is 3. The van der Waals surface area contributed by atoms with E-state index in [1.54, 1.807) is 0 Å². The van der Waals surface area contributed by atoms with E-state index < -0.39 is 18.9 Å². The summed E-state index contributed by atoms with van der Waals surface area (Å²) < 4.78 is 40.8. The summed E-state index contributed by atoms with van der Waals surface area (Å²) in [5, 5.41) is 19.5. The van der Waals surface area contributed by atoms with Crippen molar-refractivity contribution < 1.29 is 27.8 Å². The van der Waals surface area contributed by atoms with Crippen LogP contribution in [-0.4, -0.2) is 52.1 Å². The van der Waals surface area contributed by atoms with Crippen molar-refractivity contribution in [2.24, 2.45) is 0 Å². The van der Waals surface area contributed by atoms with Gasteiger partial charge in [0.25, 0.3) is 0 Å². The van der Waals surface area contributed by atoms with Crippen molar-refractivity contribution in [1.29, 1.82) is 0 Å². The summed E-state index contributed by atoms with van der Waals surface area (Å²) in [5.74, 6) is -1.32. The van der Waals surface area contributed by atoms with E-state index in [0.717, 1.165) is 0 Å². The van der Waals surface area contributed by atoms with Gasteiger partial charge in [0.15, 0.2) is 5.69 Å². The predicted octanol–water partition coefficient (Wildman–Crippen LogP) is 0.980. The molecule has 1 fully saturated rings. The summed E-state index contributed by atoms with van der Waals surface area (Å²) in [6, 6.07) is 0. The van der Waals surface area contributed by atoms with Crippen LogP contribution in [0.4, 0.5) is 13.2 Å². The first-order valence-corrected chi connectivity index (χ1v) is 6.46. The van der Waals surface area contributed by atoms with Crippen LogP contribution in [0.5, 0.6) is 0 Å². The van der Waals surface area contributed by atoms with Crippen molar-refractivity contribution in [3.8, 4) is 0 Å². The van der Waals surface area contributed by atoms with Gasteiger partial charge in [0, 0.05) is 5.92 Å². The molecule has 0 atom stereocenters. The molecule has 0 amide bonds. The van der Waals surface area contributed by atoms with Crippen LogP contribution in [-0.2, 0) is 11.3 Å². The van der Waals surface area contributed by atoms with Crippen LogP contribution in [0.2, 0.25) is 0 Å². The zero-order valence-electron chi connectivity index (χ0n) is 11.1. The SMILES string of the molecule is O=C(O)c1nnn(CCOC(F)(F)F)c1C1CCNCC1. The molecular formula is C11H15F3N4O3. The van der Waals surface area contributed by atoms with Crippen LogP contribution < -0.4 is 5.32 Å². The van der Waals surface area contributed by atoms with Crippen molar-refractivity contribution in [2.75, 3.05) is 19.7 Å². The van der Waals surface area contributed by atoms with Crippen LogP contribution in [0.3, 0.4) is 0 Å². The highest BCUT2D eigenvalue weighted by Gasteiger charge is 2.30. The Hall–Kier alpha value is -1.68. The Bertz CT molecular complexity index is 497. The van der Waals surface area contributed by atoms with Crippen molar-refractivity contribution in [1.82, 2.24) is 20.3 Å². The van der Waals surface area contributed by atoms with Gasteiger partial charge in [-0.1, -0.05) is 5.21 Å². The Morgan fingerprint density at radius 2 is 2.10 bits per heavy atom. The Kier molecular flexibility index (Phi) is 4.78. The number of carboxylic acid groups (broad SMARTS) is 1. The zero-order valence-corrected chi connectivity index (χ0v) is 11.1. The molecule has 1 aliphatic rings. The number of piperidine rings is 1. The lowest BCUT2D eigenvalue weighted by molar-refractivity contribution is -0.325. The quantitative estimate of drug-likeness (QED) is 0.843. The molecule has 7 nitrogen and oxygen atoms in total. The highest BCUT2D eigenvalue weighted by Crippen LogP contribution is 2.27. The Morgan fingerprint density at radius 3 is 2.67 bits per heavy atom. The van der Waals surface area contributed by atoms with Gasteiger partial charge in [0.05, 0.1) is 18.8 Å². The fraction of sp³-hybridized carbons (Fsp3) is 0.727. The number of carbonyl (C=O) groups is 1. The molecule has 0 radical (unpaired) electrons. The minimum Gasteiger partial charge on any atom is -0.476 e. The maximum atomic E-state index is 12.0. The minimum atomic E-state index is -4.72. The normalized spacial score (nSPS) is 17.1. The second-order valence-electron chi connectivity index (χ2n) is 4.67. The molecule has 0 saturated carbocycles. The summed E-state index contributed by atoms with van der Waals surface area (Å²) in [7, 11) is 0. The largest absolute Gasteiger partial charge is 0.522 e. The van der Waals surface area contributed by atoms with E-state index in [2.05, 4.69) is 20.4 Å². The summed E-state index contributed by atoms with van der Waals surface area (Å²) in [6.07, 6.45) is -3.34. The fourth-order valence-corrected chi connectivity index (χ4v) is 2.39. The molecule has 1 aliphatic heterocycles. The summed E-state index contributed by atoms with van der Waals surface area (Å²) >= 11 is 0. The fourth-order valence-electron chi connectivity index (χ4n) is 2.39. The number of rotatable bonds is 5. The molecule has 0 aromatic carbocycles. The van der Waals surface area contributed by atoms with E-state index >= 15 is 0 Å². The lowest BCUT2D eigenvalue weighted by atomic mass is 9.93. The molecule has 2 heterocycles. The molecule has 2 N–H and O–H groups in total. The van der Waals surface area contributed by atoms with Gasteiger partial charge >= 0.3 is 12.3 Å². The topological polar surface area (TPSA) is 89.3 Å². The first-order valence-electron chi connectivity index (χ1n) is 6.46. The Morgan fingerprint density at radius 1 is 1.43 bits per heavy atom. The minimum absolute atomic E-state index is 0.0850. The maximum absolute atomic E-state index is 12.0. The number of nitrogens with zero attached hydrogens (tertiary/aromatic N) is 3. The number of hydrogen-bond donors (Lipinski definition) is 2. The molecule has 118 valence electrons. The van der Waals surface area contributed by atoms with Crippen molar-refractivity contribution in [2.45, 2.75) is 31.7 Å². The Labute approximate surface area is 118 Å². The van der Waals surface area contributed by atoms with E-state index in [0.29, 0.717) is 31.6 Å². The summed E-state index contributed by atoms with van der Waals surface area (Å²) in [4.78, 5) is 11.2. The molecule has 0 bridgehead atoms. The maximum Gasteiger partial charge on any atom is 0.522 e. The third-order valence-corrected chi connectivity index (χ3v) is 3.27. The van der Waals surface area contributed by atoms with Crippen LogP contribution in [0, 0.1) is 0 Å². The number of aromatic carboxylic acids is 1. The highest BCUT2D eigenvalue weighted by atomic mass is 19.4. The average molecular weight is 308 g/mol. The highest BCUT2D eigenvalue weighted by molar-refractivity contribution is 5.86. The standard InChI is InChI=1S/C11H15F3N4O3/c12-11(13,14)21-6-5-18-9(7-1-3-15-4-2-7)8(10(19)20)16-17-18/h7,15H,1-6H2,(H,19,20). The molecule has 0 unspecified atom stereocenters. The number of alkyl halides is 3. The second-order valence-corrected chi connectivity index (χ2v) is 4.67. The number of hydrogen-bond acceptors (Lipinski definition) is 5. The molecule has 2 rings (SSSR count). The molecule has 1 aromatic rings. The van der Waals surface area contributed by atoms with E-state index in [4.69, 9.17) is 5.11 Å². The van der Waals surface area contributed by atoms with Crippen LogP contribution >= 0.6 is 0 Å². The lowest BCUT2D eigenvalue weighted by Crippen LogP contribution is -2.29. The monoisotopic (exact) mass is 308 g/mol. The molecule has 1 saturated heterocycles. The van der Waals surface area contributed by atoms with Gasteiger partial charge in [-0.2, -0.15) is 0 Å². The average Bonchev–Trinajstić information content (AvgIpc) is 2.82. The van der Waals surface area contributed by atoms with Crippen LogP contribution in [0.1, 0.15) is 34.9 Å². The van der Waals surface area contributed by atoms with E-state index in [1.165, 1.54) is 4.68 Å². The third-order valence-electron chi connectivity index (χ3n) is 3.27. The number of aromatic nitrogens is 3. The molecular weight excluding hydrogens is 293 g/mol. The molecule has 10 heteroatoms.